The molecule has 1 rings (SSSR count). The van der Waals surface area contributed by atoms with Crippen molar-refractivity contribution in [3.8, 4) is 5.75 Å². The molecule has 20 heavy (non-hydrogen) atoms. The highest BCUT2D eigenvalue weighted by atomic mass is 16.6. The molecule has 6 nitrogen and oxygen atoms in total. The monoisotopic (exact) mass is 280 g/mol. The first kappa shape index (κ1) is 15.8. The third-order valence-corrected chi connectivity index (χ3v) is 2.64. The van der Waals surface area contributed by atoms with Crippen molar-refractivity contribution in [2.45, 2.75) is 38.8 Å². The molecule has 0 aliphatic heterocycles. The standard InChI is InChI=1S/C14H20N2O4/c1-2-3-5-10-12(15-13(17)18)16-14(19)20-11-8-6-4-7-9-11/h4,6-9,12,15H,2-3,5,10H2,1H3,(H,16,19)(H,17,18). The second-order valence-electron chi connectivity index (χ2n) is 4.34. The van der Waals surface area contributed by atoms with Crippen LogP contribution < -0.4 is 15.4 Å². The lowest BCUT2D eigenvalue weighted by atomic mass is 10.2. The summed E-state index contributed by atoms with van der Waals surface area (Å²) in [5, 5.41) is 13.5. The highest BCUT2D eigenvalue weighted by Gasteiger charge is 2.15. The van der Waals surface area contributed by atoms with Gasteiger partial charge in [-0.2, -0.15) is 0 Å². The van der Waals surface area contributed by atoms with Crippen LogP contribution in [0.3, 0.4) is 0 Å². The zero-order chi connectivity index (χ0) is 14.8. The van der Waals surface area contributed by atoms with Crippen LogP contribution in [-0.2, 0) is 0 Å². The molecule has 1 atom stereocenters. The number of amides is 2. The maximum absolute atomic E-state index is 11.7. The van der Waals surface area contributed by atoms with Crippen molar-refractivity contribution in [2.75, 3.05) is 0 Å². The van der Waals surface area contributed by atoms with E-state index >= 15 is 0 Å². The second-order valence-corrected chi connectivity index (χ2v) is 4.34. The van der Waals surface area contributed by atoms with Crippen molar-refractivity contribution < 1.29 is 19.4 Å². The molecular formula is C14H20N2O4. The van der Waals surface area contributed by atoms with Gasteiger partial charge in [0.1, 0.15) is 11.9 Å². The zero-order valence-electron chi connectivity index (χ0n) is 11.5. The van der Waals surface area contributed by atoms with Crippen LogP contribution in [0.1, 0.15) is 32.6 Å². The van der Waals surface area contributed by atoms with E-state index in [1.165, 1.54) is 0 Å². The molecule has 1 unspecified atom stereocenters. The van der Waals surface area contributed by atoms with Gasteiger partial charge in [-0.05, 0) is 25.0 Å². The lowest BCUT2D eigenvalue weighted by molar-refractivity contribution is 0.177. The summed E-state index contributed by atoms with van der Waals surface area (Å²) in [6.45, 7) is 2.05. The van der Waals surface area contributed by atoms with Crippen LogP contribution >= 0.6 is 0 Å². The number of hydrogen-bond donors (Lipinski definition) is 3. The molecule has 0 spiro atoms. The van der Waals surface area contributed by atoms with Crippen LogP contribution in [0.25, 0.3) is 0 Å². The minimum absolute atomic E-state index is 0.410. The van der Waals surface area contributed by atoms with E-state index in [9.17, 15) is 9.59 Å². The number of benzene rings is 1. The van der Waals surface area contributed by atoms with Gasteiger partial charge in [-0.1, -0.05) is 38.0 Å². The molecule has 0 radical (unpaired) electrons. The molecule has 0 aliphatic rings. The number of hydrogen-bond acceptors (Lipinski definition) is 3. The molecule has 6 heteroatoms. The smallest absolute Gasteiger partial charge is 0.414 e. The molecule has 0 fully saturated rings. The Morgan fingerprint density at radius 2 is 1.90 bits per heavy atom. The second kappa shape index (κ2) is 8.79. The van der Waals surface area contributed by atoms with Gasteiger partial charge < -0.3 is 20.5 Å². The molecule has 0 aromatic heterocycles. The van der Waals surface area contributed by atoms with Gasteiger partial charge in [0.05, 0.1) is 0 Å². The van der Waals surface area contributed by atoms with E-state index in [1.807, 2.05) is 6.07 Å². The van der Waals surface area contributed by atoms with Crippen molar-refractivity contribution in [3.63, 3.8) is 0 Å². The Hall–Kier alpha value is -2.24. The summed E-state index contributed by atoms with van der Waals surface area (Å²) >= 11 is 0. The Morgan fingerprint density at radius 3 is 2.50 bits per heavy atom. The molecule has 0 heterocycles. The van der Waals surface area contributed by atoms with Crippen molar-refractivity contribution in [1.82, 2.24) is 10.6 Å². The Balaban J connectivity index is 2.46. The zero-order valence-corrected chi connectivity index (χ0v) is 11.5. The number of nitrogens with one attached hydrogen (secondary N) is 2. The molecular weight excluding hydrogens is 260 g/mol. The number of carbonyl (C=O) groups excluding carboxylic acids is 1. The molecule has 110 valence electrons. The van der Waals surface area contributed by atoms with Gasteiger partial charge in [0.15, 0.2) is 0 Å². The summed E-state index contributed by atoms with van der Waals surface area (Å²) in [5.41, 5.74) is 0. The average Bonchev–Trinajstić information content (AvgIpc) is 2.39. The van der Waals surface area contributed by atoms with Crippen molar-refractivity contribution >= 4 is 12.2 Å². The van der Waals surface area contributed by atoms with E-state index in [-0.39, 0.29) is 0 Å². The fraction of sp³-hybridized carbons (Fsp3) is 0.429. The summed E-state index contributed by atoms with van der Waals surface area (Å²) in [5.74, 6) is 0.410. The largest absolute Gasteiger partial charge is 0.465 e. The Bertz CT molecular complexity index is 422. The lowest BCUT2D eigenvalue weighted by Gasteiger charge is -2.18. The Morgan fingerprint density at radius 1 is 1.20 bits per heavy atom. The summed E-state index contributed by atoms with van der Waals surface area (Å²) in [4.78, 5) is 22.3. The summed E-state index contributed by atoms with van der Waals surface area (Å²) in [6, 6.07) is 8.60. The molecule has 1 aromatic carbocycles. The normalized spacial score (nSPS) is 11.4. The fourth-order valence-electron chi connectivity index (χ4n) is 1.70. The van der Waals surface area contributed by atoms with E-state index in [2.05, 4.69) is 17.6 Å². The van der Waals surface area contributed by atoms with Gasteiger partial charge in [-0.25, -0.2) is 9.59 Å². The molecule has 2 amide bonds. The summed E-state index contributed by atoms with van der Waals surface area (Å²) in [6.07, 6.45) is 0.867. The number of carbonyl (C=O) groups is 2. The summed E-state index contributed by atoms with van der Waals surface area (Å²) in [7, 11) is 0. The average molecular weight is 280 g/mol. The van der Waals surface area contributed by atoms with Crippen molar-refractivity contribution in [2.24, 2.45) is 0 Å². The highest BCUT2D eigenvalue weighted by Crippen LogP contribution is 2.09. The Kier molecular flexibility index (Phi) is 6.95. The maximum atomic E-state index is 11.7. The first-order valence-corrected chi connectivity index (χ1v) is 6.64. The van der Waals surface area contributed by atoms with Gasteiger partial charge >= 0.3 is 12.2 Å². The van der Waals surface area contributed by atoms with E-state index < -0.39 is 18.4 Å². The Labute approximate surface area is 118 Å². The minimum atomic E-state index is -1.17. The molecule has 0 bridgehead atoms. The van der Waals surface area contributed by atoms with Crippen LogP contribution in [0.15, 0.2) is 30.3 Å². The first-order valence-electron chi connectivity index (χ1n) is 6.64. The first-order chi connectivity index (χ1) is 9.61. The van der Waals surface area contributed by atoms with Crippen molar-refractivity contribution in [1.29, 1.82) is 0 Å². The topological polar surface area (TPSA) is 87.7 Å². The van der Waals surface area contributed by atoms with E-state index in [4.69, 9.17) is 9.84 Å². The number of para-hydroxylation sites is 1. The number of rotatable bonds is 7. The molecule has 0 aliphatic carbocycles. The quantitative estimate of drug-likeness (QED) is 0.529. The number of ether oxygens (including phenoxy) is 1. The third kappa shape index (κ3) is 6.63. The van der Waals surface area contributed by atoms with Gasteiger partial charge in [-0.3, -0.25) is 0 Å². The molecule has 0 saturated carbocycles. The van der Waals surface area contributed by atoms with E-state index in [0.29, 0.717) is 12.2 Å². The van der Waals surface area contributed by atoms with Crippen LogP contribution in [0.5, 0.6) is 5.75 Å². The molecule has 3 N–H and O–H groups in total. The predicted octanol–water partition coefficient (Wildman–Crippen LogP) is 2.95. The van der Waals surface area contributed by atoms with Crippen LogP contribution in [0, 0.1) is 0 Å². The third-order valence-electron chi connectivity index (χ3n) is 2.64. The minimum Gasteiger partial charge on any atom is -0.465 e. The lowest BCUT2D eigenvalue weighted by Crippen LogP contribution is -2.48. The van der Waals surface area contributed by atoms with Crippen LogP contribution in [0.4, 0.5) is 9.59 Å². The summed E-state index contributed by atoms with van der Waals surface area (Å²) < 4.78 is 5.05. The fourth-order valence-corrected chi connectivity index (χ4v) is 1.70. The van der Waals surface area contributed by atoms with E-state index in [1.54, 1.807) is 24.3 Å². The number of unbranched alkanes of at least 4 members (excludes halogenated alkanes) is 2. The highest BCUT2D eigenvalue weighted by molar-refractivity contribution is 5.72. The van der Waals surface area contributed by atoms with Gasteiger partial charge in [0, 0.05) is 0 Å². The molecule has 0 saturated heterocycles. The van der Waals surface area contributed by atoms with Crippen LogP contribution in [-0.4, -0.2) is 23.5 Å². The SMILES string of the molecule is CCCCCC(NC(=O)O)NC(=O)Oc1ccccc1. The van der Waals surface area contributed by atoms with Gasteiger partial charge in [0.25, 0.3) is 0 Å². The number of carboxylic acid groups (broad SMARTS) is 1. The maximum Gasteiger partial charge on any atom is 0.414 e. The van der Waals surface area contributed by atoms with Crippen LogP contribution in [0.2, 0.25) is 0 Å². The van der Waals surface area contributed by atoms with E-state index in [0.717, 1.165) is 19.3 Å². The van der Waals surface area contributed by atoms with Gasteiger partial charge in [0.2, 0.25) is 0 Å². The van der Waals surface area contributed by atoms with Crippen molar-refractivity contribution in [3.05, 3.63) is 30.3 Å². The predicted molar refractivity (Wildman–Crippen MR) is 74.7 cm³/mol. The van der Waals surface area contributed by atoms with Gasteiger partial charge in [-0.15, -0.1) is 0 Å². The molecule has 1 aromatic rings.